The van der Waals surface area contributed by atoms with Gasteiger partial charge in [-0.3, -0.25) is 4.79 Å². The molecule has 3 aromatic carbocycles. The molecule has 10 heteroatoms. The normalized spacial score (nSPS) is 20.7. The Bertz CT molecular complexity index is 1460. The van der Waals surface area contributed by atoms with Crippen LogP contribution in [0.3, 0.4) is 0 Å². The van der Waals surface area contributed by atoms with Gasteiger partial charge in [-0.1, -0.05) is 55.0 Å². The van der Waals surface area contributed by atoms with E-state index >= 15 is 0 Å². The Morgan fingerprint density at radius 1 is 0.946 bits per heavy atom. The number of carbonyl (C=O) groups is 1. The monoisotopic (exact) mass is 542 g/mol. The zero-order valence-corrected chi connectivity index (χ0v) is 22.1. The molecule has 2 bridgehead atoms. The van der Waals surface area contributed by atoms with E-state index in [0.717, 1.165) is 5.56 Å². The molecule has 0 aromatic heterocycles. The molecule has 0 saturated carbocycles. The lowest BCUT2D eigenvalue weighted by atomic mass is 10.1. The summed E-state index contributed by atoms with van der Waals surface area (Å²) in [6.45, 7) is 1.92. The van der Waals surface area contributed by atoms with Crippen LogP contribution in [0.5, 0.6) is 5.75 Å². The van der Waals surface area contributed by atoms with Crippen molar-refractivity contribution in [3.05, 3.63) is 78.9 Å². The Hall–Kier alpha value is -3.21. The topological polar surface area (TPSA) is 119 Å². The molecule has 0 aliphatic carbocycles. The van der Waals surface area contributed by atoms with Gasteiger partial charge in [-0.25, -0.2) is 16.8 Å². The molecule has 0 spiro atoms. The van der Waals surface area contributed by atoms with E-state index in [1.54, 1.807) is 67.6 Å². The van der Waals surface area contributed by atoms with Gasteiger partial charge in [0.25, 0.3) is 0 Å². The third kappa shape index (κ3) is 6.76. The third-order valence-electron chi connectivity index (χ3n) is 6.08. The summed E-state index contributed by atoms with van der Waals surface area (Å²) in [5.41, 5.74) is 1.31. The number of sulfonamides is 1. The van der Waals surface area contributed by atoms with Gasteiger partial charge in [-0.2, -0.15) is 4.72 Å². The van der Waals surface area contributed by atoms with Crippen molar-refractivity contribution < 1.29 is 26.4 Å². The molecular weight excluding hydrogens is 512 g/mol. The second-order valence-electron chi connectivity index (χ2n) is 9.05. The van der Waals surface area contributed by atoms with Crippen LogP contribution < -0.4 is 14.8 Å². The average Bonchev–Trinajstić information content (AvgIpc) is 2.89. The maximum Gasteiger partial charge on any atom is 0.241 e. The zero-order valence-electron chi connectivity index (χ0n) is 20.5. The lowest BCUT2D eigenvalue weighted by molar-refractivity contribution is -0.123. The number of amides is 1. The number of ether oxygens (including phenoxy) is 1. The van der Waals surface area contributed by atoms with Crippen LogP contribution in [0.1, 0.15) is 26.2 Å². The first-order valence-electron chi connectivity index (χ1n) is 12.1. The van der Waals surface area contributed by atoms with Crippen LogP contribution in [0.25, 0.3) is 11.1 Å². The van der Waals surface area contributed by atoms with Gasteiger partial charge in [0, 0.05) is 5.56 Å². The molecule has 4 rings (SSSR count). The standard InChI is InChI=1S/C27H30N2O6S2/c1-20-19-35-22-11-9-10-21(18-22)24-14-5-6-16-26(24)36(31,32)17-8-7-15-25(27(30)28-20)29-37(33,34)23-12-3-2-4-13-23/h2-6,9-14,16,18,20,25,29H,7-8,15,17,19H2,1H3,(H,28,30)/t20-,25+/m1/s1. The van der Waals surface area contributed by atoms with Crippen molar-refractivity contribution in [2.75, 3.05) is 12.4 Å². The number of carbonyl (C=O) groups excluding carboxylic acids is 1. The molecule has 0 unspecified atom stereocenters. The van der Waals surface area contributed by atoms with Crippen LogP contribution in [0.15, 0.2) is 88.7 Å². The minimum absolute atomic E-state index is 0.0467. The van der Waals surface area contributed by atoms with Crippen LogP contribution in [0.4, 0.5) is 0 Å². The Morgan fingerprint density at radius 2 is 1.68 bits per heavy atom. The summed E-state index contributed by atoms with van der Waals surface area (Å²) in [6, 6.07) is 20.3. The van der Waals surface area contributed by atoms with E-state index in [1.165, 1.54) is 12.1 Å². The highest BCUT2D eigenvalue weighted by Gasteiger charge is 2.27. The lowest BCUT2D eigenvalue weighted by Gasteiger charge is -2.22. The quantitative estimate of drug-likeness (QED) is 0.523. The molecule has 0 fully saturated rings. The molecule has 0 radical (unpaired) electrons. The first-order valence-corrected chi connectivity index (χ1v) is 15.2. The van der Waals surface area contributed by atoms with Gasteiger partial charge < -0.3 is 10.1 Å². The predicted molar refractivity (Wildman–Crippen MR) is 141 cm³/mol. The molecule has 1 heterocycles. The summed E-state index contributed by atoms with van der Waals surface area (Å²) in [7, 11) is -7.59. The Morgan fingerprint density at radius 3 is 2.46 bits per heavy atom. The molecule has 196 valence electrons. The molecule has 0 saturated heterocycles. The largest absolute Gasteiger partial charge is 0.491 e. The molecule has 1 amide bonds. The number of hydrogen-bond acceptors (Lipinski definition) is 6. The highest BCUT2D eigenvalue weighted by molar-refractivity contribution is 7.91. The van der Waals surface area contributed by atoms with Gasteiger partial charge in [0.05, 0.1) is 21.6 Å². The molecule has 1 aliphatic heterocycles. The van der Waals surface area contributed by atoms with Gasteiger partial charge >= 0.3 is 0 Å². The molecule has 3 aromatic rings. The fourth-order valence-corrected chi connectivity index (χ4v) is 7.05. The van der Waals surface area contributed by atoms with Crippen molar-refractivity contribution in [2.45, 2.75) is 48.1 Å². The number of hydrogen-bond donors (Lipinski definition) is 2. The van der Waals surface area contributed by atoms with Gasteiger partial charge in [-0.15, -0.1) is 0 Å². The molecule has 37 heavy (non-hydrogen) atoms. The minimum Gasteiger partial charge on any atom is -0.491 e. The number of nitrogens with one attached hydrogen (secondary N) is 2. The number of rotatable bonds is 3. The van der Waals surface area contributed by atoms with Crippen molar-refractivity contribution in [3.8, 4) is 16.9 Å². The maximum absolute atomic E-state index is 13.3. The SMILES string of the molecule is C[C@@H]1COc2cccc(c2)-c2ccccc2S(=O)(=O)CCCC[C@H](NS(=O)(=O)c2ccccc2)C(=O)N1. The fourth-order valence-electron chi connectivity index (χ4n) is 4.19. The third-order valence-corrected chi connectivity index (χ3v) is 9.42. The summed E-state index contributed by atoms with van der Waals surface area (Å²) in [5, 5.41) is 2.82. The maximum atomic E-state index is 13.3. The second kappa shape index (κ2) is 11.5. The van der Waals surface area contributed by atoms with E-state index in [0.29, 0.717) is 17.7 Å². The minimum atomic E-state index is -3.96. The Balaban J connectivity index is 1.63. The highest BCUT2D eigenvalue weighted by Crippen LogP contribution is 2.31. The van der Waals surface area contributed by atoms with Gasteiger partial charge in [0.15, 0.2) is 9.84 Å². The van der Waals surface area contributed by atoms with Crippen molar-refractivity contribution >= 4 is 25.8 Å². The van der Waals surface area contributed by atoms with E-state index in [1.807, 2.05) is 6.07 Å². The van der Waals surface area contributed by atoms with Gasteiger partial charge in [-0.05, 0) is 55.7 Å². The molecule has 8 nitrogen and oxygen atoms in total. The second-order valence-corrected chi connectivity index (χ2v) is 12.8. The first-order chi connectivity index (χ1) is 17.7. The highest BCUT2D eigenvalue weighted by atomic mass is 32.2. The number of sulfone groups is 1. The van der Waals surface area contributed by atoms with E-state index in [9.17, 15) is 21.6 Å². The van der Waals surface area contributed by atoms with Gasteiger partial charge in [0.2, 0.25) is 15.9 Å². The molecular formula is C27H30N2O6S2. The van der Waals surface area contributed by atoms with Gasteiger partial charge in [0.1, 0.15) is 18.4 Å². The lowest BCUT2D eigenvalue weighted by Crippen LogP contribution is -2.50. The smallest absolute Gasteiger partial charge is 0.241 e. The van der Waals surface area contributed by atoms with Crippen molar-refractivity contribution in [2.24, 2.45) is 0 Å². The van der Waals surface area contributed by atoms with E-state index in [-0.39, 0.29) is 35.0 Å². The van der Waals surface area contributed by atoms with Crippen LogP contribution >= 0.6 is 0 Å². The van der Waals surface area contributed by atoms with E-state index in [2.05, 4.69) is 10.0 Å². The van der Waals surface area contributed by atoms with Crippen LogP contribution in [0, 0.1) is 0 Å². The number of fused-ring (bicyclic) bond motifs is 4. The average molecular weight is 543 g/mol. The summed E-state index contributed by atoms with van der Waals surface area (Å²) >= 11 is 0. The summed E-state index contributed by atoms with van der Waals surface area (Å²) in [4.78, 5) is 13.4. The molecule has 2 atom stereocenters. The first kappa shape index (κ1) is 26.8. The van der Waals surface area contributed by atoms with Crippen LogP contribution in [-0.2, 0) is 24.7 Å². The van der Waals surface area contributed by atoms with Crippen molar-refractivity contribution in [1.82, 2.24) is 10.0 Å². The predicted octanol–water partition coefficient (Wildman–Crippen LogP) is 3.54. The van der Waals surface area contributed by atoms with E-state index < -0.39 is 37.9 Å². The van der Waals surface area contributed by atoms with E-state index in [4.69, 9.17) is 4.74 Å². The van der Waals surface area contributed by atoms with Crippen molar-refractivity contribution in [1.29, 1.82) is 0 Å². The summed E-state index contributed by atoms with van der Waals surface area (Å²) < 4.78 is 60.7. The summed E-state index contributed by atoms with van der Waals surface area (Å²) in [6.07, 6.45) is 0.741. The Labute approximate surface area is 218 Å². The summed E-state index contributed by atoms with van der Waals surface area (Å²) in [5.74, 6) is -0.0972. The Kier molecular flexibility index (Phi) is 8.31. The van der Waals surface area contributed by atoms with Crippen molar-refractivity contribution in [3.63, 3.8) is 0 Å². The zero-order chi connectivity index (χ0) is 26.5. The van der Waals surface area contributed by atoms with Crippen LogP contribution in [0.2, 0.25) is 0 Å². The number of benzene rings is 3. The molecule has 1 aliphatic rings. The van der Waals surface area contributed by atoms with Crippen LogP contribution in [-0.4, -0.2) is 47.2 Å². The fraction of sp³-hybridized carbons (Fsp3) is 0.296. The molecule has 2 N–H and O–H groups in total.